The lowest BCUT2D eigenvalue weighted by molar-refractivity contribution is 0.164. The Bertz CT molecular complexity index is 610. The number of hydrogen-bond donors (Lipinski definition) is 1. The van der Waals surface area contributed by atoms with Crippen LogP contribution in [0.15, 0.2) is 46.9 Å². The van der Waals surface area contributed by atoms with Crippen molar-refractivity contribution in [2.75, 3.05) is 6.61 Å². The highest BCUT2D eigenvalue weighted by Gasteiger charge is 2.17. The highest BCUT2D eigenvalue weighted by molar-refractivity contribution is 9.10. The third-order valence-corrected chi connectivity index (χ3v) is 4.39. The molecule has 1 atom stereocenters. The summed E-state index contributed by atoms with van der Waals surface area (Å²) in [5.41, 5.74) is 3.54. The number of fused-ring (bicyclic) bond motifs is 1. The van der Waals surface area contributed by atoms with Crippen molar-refractivity contribution in [3.8, 4) is 5.75 Å². The fraction of sp³-hybridized carbons (Fsp3) is 0.333. The molecule has 0 saturated carbocycles. The van der Waals surface area contributed by atoms with Crippen LogP contribution in [0, 0.1) is 0 Å². The molecule has 0 saturated heterocycles. The molecule has 2 nitrogen and oxygen atoms in total. The summed E-state index contributed by atoms with van der Waals surface area (Å²) in [4.78, 5) is 0. The summed E-state index contributed by atoms with van der Waals surface area (Å²) >= 11 is 3.57. The summed E-state index contributed by atoms with van der Waals surface area (Å²) in [6.07, 6.45) is 3.26. The molecule has 3 heteroatoms. The molecule has 1 unspecified atom stereocenters. The van der Waals surface area contributed by atoms with Crippen molar-refractivity contribution < 1.29 is 9.84 Å². The van der Waals surface area contributed by atoms with Gasteiger partial charge >= 0.3 is 0 Å². The number of ether oxygens (including phenoxy) is 1. The van der Waals surface area contributed by atoms with Gasteiger partial charge in [0.05, 0.1) is 12.7 Å². The fourth-order valence-electron chi connectivity index (χ4n) is 2.86. The van der Waals surface area contributed by atoms with Gasteiger partial charge in [0, 0.05) is 10.9 Å². The zero-order valence-electron chi connectivity index (χ0n) is 11.9. The Balaban J connectivity index is 1.61. The SMILES string of the molecule is OC(CCCc1cc(Br)cc2c1OCC2)c1ccccc1. The van der Waals surface area contributed by atoms with E-state index in [1.165, 1.54) is 11.1 Å². The average Bonchev–Trinajstić information content (AvgIpc) is 2.96. The van der Waals surface area contributed by atoms with Crippen LogP contribution in [-0.2, 0) is 12.8 Å². The van der Waals surface area contributed by atoms with Gasteiger partial charge in [0.2, 0.25) is 0 Å². The second-order valence-electron chi connectivity index (χ2n) is 5.47. The van der Waals surface area contributed by atoms with Crippen LogP contribution in [0.4, 0.5) is 0 Å². The number of aryl methyl sites for hydroxylation is 1. The summed E-state index contributed by atoms with van der Waals surface area (Å²) in [6, 6.07) is 14.1. The summed E-state index contributed by atoms with van der Waals surface area (Å²) in [5.74, 6) is 1.06. The predicted molar refractivity (Wildman–Crippen MR) is 87.7 cm³/mol. The smallest absolute Gasteiger partial charge is 0.125 e. The minimum atomic E-state index is -0.382. The van der Waals surface area contributed by atoms with Gasteiger partial charge in [0.25, 0.3) is 0 Å². The van der Waals surface area contributed by atoms with Crippen molar-refractivity contribution in [2.45, 2.75) is 31.8 Å². The molecule has 3 rings (SSSR count). The van der Waals surface area contributed by atoms with E-state index >= 15 is 0 Å². The van der Waals surface area contributed by atoms with Crippen LogP contribution in [0.25, 0.3) is 0 Å². The van der Waals surface area contributed by atoms with Crippen LogP contribution in [0.5, 0.6) is 5.75 Å². The van der Waals surface area contributed by atoms with Crippen LogP contribution in [0.1, 0.15) is 35.6 Å². The van der Waals surface area contributed by atoms with E-state index in [1.54, 1.807) is 0 Å². The van der Waals surface area contributed by atoms with Crippen molar-refractivity contribution >= 4 is 15.9 Å². The van der Waals surface area contributed by atoms with Crippen LogP contribution in [0.3, 0.4) is 0 Å². The van der Waals surface area contributed by atoms with Crippen LogP contribution in [-0.4, -0.2) is 11.7 Å². The number of hydrogen-bond acceptors (Lipinski definition) is 2. The van der Waals surface area contributed by atoms with Crippen molar-refractivity contribution in [1.82, 2.24) is 0 Å². The molecule has 0 radical (unpaired) electrons. The van der Waals surface area contributed by atoms with E-state index in [0.29, 0.717) is 0 Å². The van der Waals surface area contributed by atoms with Crippen molar-refractivity contribution in [1.29, 1.82) is 0 Å². The van der Waals surface area contributed by atoms with Gasteiger partial charge in [-0.25, -0.2) is 0 Å². The zero-order valence-corrected chi connectivity index (χ0v) is 13.5. The molecule has 0 spiro atoms. The summed E-state index contributed by atoms with van der Waals surface area (Å²) < 4.78 is 6.86. The first-order valence-electron chi connectivity index (χ1n) is 7.41. The van der Waals surface area contributed by atoms with Gasteiger partial charge in [-0.3, -0.25) is 0 Å². The average molecular weight is 347 g/mol. The molecule has 2 aromatic rings. The number of halogens is 1. The van der Waals surface area contributed by atoms with Crippen molar-refractivity contribution in [2.24, 2.45) is 0 Å². The summed E-state index contributed by atoms with van der Waals surface area (Å²) in [6.45, 7) is 0.783. The van der Waals surface area contributed by atoms with E-state index < -0.39 is 0 Å². The normalized spacial score (nSPS) is 14.6. The number of benzene rings is 2. The van der Waals surface area contributed by atoms with E-state index in [-0.39, 0.29) is 6.10 Å². The maximum Gasteiger partial charge on any atom is 0.125 e. The molecule has 2 aromatic carbocycles. The van der Waals surface area contributed by atoms with Crippen LogP contribution < -0.4 is 4.74 Å². The van der Waals surface area contributed by atoms with Gasteiger partial charge in [0.1, 0.15) is 5.75 Å². The molecule has 21 heavy (non-hydrogen) atoms. The largest absolute Gasteiger partial charge is 0.493 e. The molecule has 0 fully saturated rings. The second-order valence-corrected chi connectivity index (χ2v) is 6.39. The standard InChI is InChI=1S/C18H19BrO2/c19-16-11-14(18-15(12-16)9-10-21-18)7-4-8-17(20)13-5-2-1-3-6-13/h1-3,5-6,11-12,17,20H,4,7-10H2. The molecule has 0 bridgehead atoms. The minimum Gasteiger partial charge on any atom is -0.493 e. The molecule has 1 heterocycles. The third-order valence-electron chi connectivity index (χ3n) is 3.93. The van der Waals surface area contributed by atoms with E-state index in [4.69, 9.17) is 4.74 Å². The topological polar surface area (TPSA) is 29.5 Å². The molecule has 1 aliphatic rings. The summed E-state index contributed by atoms with van der Waals surface area (Å²) in [5, 5.41) is 10.2. The number of aliphatic hydroxyl groups is 1. The van der Waals surface area contributed by atoms with Crippen LogP contribution >= 0.6 is 15.9 Å². The first-order valence-corrected chi connectivity index (χ1v) is 8.20. The van der Waals surface area contributed by atoms with E-state index in [1.807, 2.05) is 30.3 Å². The molecule has 0 aliphatic carbocycles. The van der Waals surface area contributed by atoms with Gasteiger partial charge in [-0.15, -0.1) is 0 Å². The Labute approximate surface area is 133 Å². The molecule has 1 N–H and O–H groups in total. The Morgan fingerprint density at radius 2 is 2.00 bits per heavy atom. The van der Waals surface area contributed by atoms with Crippen molar-refractivity contribution in [3.63, 3.8) is 0 Å². The molecule has 1 aliphatic heterocycles. The highest BCUT2D eigenvalue weighted by Crippen LogP contribution is 2.34. The van der Waals surface area contributed by atoms with Gasteiger partial charge in [0.15, 0.2) is 0 Å². The lowest BCUT2D eigenvalue weighted by Crippen LogP contribution is -1.99. The van der Waals surface area contributed by atoms with E-state index in [0.717, 1.165) is 48.1 Å². The Kier molecular flexibility index (Phi) is 4.61. The maximum absolute atomic E-state index is 10.2. The van der Waals surface area contributed by atoms with Crippen LogP contribution in [0.2, 0.25) is 0 Å². The zero-order chi connectivity index (χ0) is 14.7. The highest BCUT2D eigenvalue weighted by atomic mass is 79.9. The Morgan fingerprint density at radius 3 is 2.81 bits per heavy atom. The molecular weight excluding hydrogens is 328 g/mol. The maximum atomic E-state index is 10.2. The van der Waals surface area contributed by atoms with E-state index in [9.17, 15) is 5.11 Å². The monoisotopic (exact) mass is 346 g/mol. The first-order chi connectivity index (χ1) is 10.2. The molecular formula is C18H19BrO2. The lowest BCUT2D eigenvalue weighted by Gasteiger charge is -2.12. The fourth-order valence-corrected chi connectivity index (χ4v) is 3.41. The van der Waals surface area contributed by atoms with Gasteiger partial charge in [-0.1, -0.05) is 46.3 Å². The lowest BCUT2D eigenvalue weighted by atomic mass is 9.99. The number of rotatable bonds is 5. The predicted octanol–water partition coefficient (Wildman–Crippen LogP) is 4.44. The quantitative estimate of drug-likeness (QED) is 0.866. The van der Waals surface area contributed by atoms with E-state index in [2.05, 4.69) is 28.1 Å². The Morgan fingerprint density at radius 1 is 1.19 bits per heavy atom. The molecule has 110 valence electrons. The van der Waals surface area contributed by atoms with Gasteiger partial charge in [-0.05, 0) is 48.1 Å². The Hall–Kier alpha value is -1.32. The van der Waals surface area contributed by atoms with Gasteiger partial charge < -0.3 is 9.84 Å². The number of aliphatic hydroxyl groups excluding tert-OH is 1. The van der Waals surface area contributed by atoms with Crippen molar-refractivity contribution in [3.05, 3.63) is 63.6 Å². The minimum absolute atomic E-state index is 0.382. The van der Waals surface area contributed by atoms with Gasteiger partial charge in [-0.2, -0.15) is 0 Å². The second kappa shape index (κ2) is 6.63. The molecule has 0 aromatic heterocycles. The first kappa shape index (κ1) is 14.6. The molecule has 0 amide bonds. The summed E-state index contributed by atoms with van der Waals surface area (Å²) in [7, 11) is 0. The third kappa shape index (κ3) is 3.47.